The fourth-order valence-electron chi connectivity index (χ4n) is 3.38. The van der Waals surface area contributed by atoms with Crippen molar-refractivity contribution in [2.75, 3.05) is 18.4 Å². The molecule has 7 nitrogen and oxygen atoms in total. The van der Waals surface area contributed by atoms with Crippen LogP contribution in [0, 0.1) is 13.8 Å². The number of nitrogens with one attached hydrogen (secondary N) is 2. The number of nitrogens with zero attached hydrogens (tertiary/aromatic N) is 3. The molecule has 3 aromatic rings. The molecule has 1 aromatic carbocycles. The molecular formula is C24H34IN5O2. The molecule has 0 saturated heterocycles. The minimum Gasteiger partial charge on any atom is -0.491 e. The van der Waals surface area contributed by atoms with Gasteiger partial charge < -0.3 is 19.8 Å². The van der Waals surface area contributed by atoms with E-state index in [1.165, 1.54) is 11.3 Å². The summed E-state index contributed by atoms with van der Waals surface area (Å²) in [6, 6.07) is 11.8. The van der Waals surface area contributed by atoms with Gasteiger partial charge in [0, 0.05) is 37.9 Å². The third-order valence-corrected chi connectivity index (χ3v) is 5.02. The number of aromatic nitrogens is 2. The zero-order valence-electron chi connectivity index (χ0n) is 19.5. The molecular weight excluding hydrogens is 517 g/mol. The van der Waals surface area contributed by atoms with Crippen LogP contribution in [-0.4, -0.2) is 34.9 Å². The SMILES string of the molecule is Cc1nn(C)c(C)c1CCNC(=NCCc1ccco1)Nc1ccc(OC(C)C)cc1.I. The zero-order valence-corrected chi connectivity index (χ0v) is 21.8. The number of aliphatic imine (C=N–C) groups is 1. The number of guanidine groups is 1. The summed E-state index contributed by atoms with van der Waals surface area (Å²) in [4.78, 5) is 4.73. The standard InChI is InChI=1S/C24H33N5O2.HI/c1-17(2)31-22-10-8-20(9-11-22)27-24(25-14-12-21-7-6-16-30-21)26-15-13-23-18(3)28-29(5)19(23)4;/h6-11,16-17H,12-15H2,1-5H3,(H2,25,26,27);1H. The van der Waals surface area contributed by atoms with Crippen molar-refractivity contribution in [2.45, 2.75) is 46.6 Å². The Balaban J connectivity index is 0.00000363. The maximum absolute atomic E-state index is 5.73. The Hall–Kier alpha value is -2.49. The van der Waals surface area contributed by atoms with E-state index in [0.29, 0.717) is 6.54 Å². The van der Waals surface area contributed by atoms with E-state index in [4.69, 9.17) is 14.1 Å². The Morgan fingerprint density at radius 3 is 2.50 bits per heavy atom. The molecule has 0 unspecified atom stereocenters. The minimum absolute atomic E-state index is 0. The van der Waals surface area contributed by atoms with Gasteiger partial charge in [-0.15, -0.1) is 24.0 Å². The van der Waals surface area contributed by atoms with E-state index in [1.807, 2.05) is 62.0 Å². The molecule has 0 bridgehead atoms. The highest BCUT2D eigenvalue weighted by molar-refractivity contribution is 14.0. The molecule has 0 amide bonds. The lowest BCUT2D eigenvalue weighted by Gasteiger charge is -2.14. The summed E-state index contributed by atoms with van der Waals surface area (Å²) >= 11 is 0. The number of furan rings is 1. The van der Waals surface area contributed by atoms with Gasteiger partial charge in [0.15, 0.2) is 5.96 Å². The molecule has 0 radical (unpaired) electrons. The first-order valence-corrected chi connectivity index (χ1v) is 10.8. The second kappa shape index (κ2) is 12.5. The summed E-state index contributed by atoms with van der Waals surface area (Å²) in [5, 5.41) is 11.3. The number of ether oxygens (including phenoxy) is 1. The normalized spacial score (nSPS) is 11.4. The molecule has 2 aromatic heterocycles. The van der Waals surface area contributed by atoms with Crippen LogP contribution >= 0.6 is 24.0 Å². The highest BCUT2D eigenvalue weighted by Crippen LogP contribution is 2.17. The first-order chi connectivity index (χ1) is 14.9. The van der Waals surface area contributed by atoms with Crippen molar-refractivity contribution in [3.63, 3.8) is 0 Å². The average Bonchev–Trinajstić information content (AvgIpc) is 3.32. The van der Waals surface area contributed by atoms with Gasteiger partial charge >= 0.3 is 0 Å². The fraction of sp³-hybridized carbons (Fsp3) is 0.417. The largest absolute Gasteiger partial charge is 0.491 e. The Bertz CT molecular complexity index is 979. The van der Waals surface area contributed by atoms with Gasteiger partial charge in [0.1, 0.15) is 11.5 Å². The van der Waals surface area contributed by atoms with Crippen molar-refractivity contribution < 1.29 is 9.15 Å². The molecule has 0 spiro atoms. The molecule has 0 fully saturated rings. The molecule has 0 atom stereocenters. The van der Waals surface area contributed by atoms with Crippen molar-refractivity contribution >= 4 is 35.6 Å². The third kappa shape index (κ3) is 7.58. The number of rotatable bonds is 9. The molecule has 8 heteroatoms. The van der Waals surface area contributed by atoms with Crippen LogP contribution in [0.4, 0.5) is 5.69 Å². The summed E-state index contributed by atoms with van der Waals surface area (Å²) in [7, 11) is 1.98. The van der Waals surface area contributed by atoms with Crippen LogP contribution in [0.5, 0.6) is 5.75 Å². The lowest BCUT2D eigenvalue weighted by molar-refractivity contribution is 0.242. The summed E-state index contributed by atoms with van der Waals surface area (Å²) < 4.78 is 13.1. The van der Waals surface area contributed by atoms with Gasteiger partial charge in [0.25, 0.3) is 0 Å². The first-order valence-electron chi connectivity index (χ1n) is 10.8. The lowest BCUT2D eigenvalue weighted by atomic mass is 10.1. The third-order valence-electron chi connectivity index (χ3n) is 5.02. The average molecular weight is 551 g/mol. The minimum atomic E-state index is 0. The van der Waals surface area contributed by atoms with Crippen LogP contribution in [0.2, 0.25) is 0 Å². The second-order valence-electron chi connectivity index (χ2n) is 7.83. The summed E-state index contributed by atoms with van der Waals surface area (Å²) in [6.45, 7) is 9.58. The van der Waals surface area contributed by atoms with Crippen LogP contribution in [0.25, 0.3) is 0 Å². The van der Waals surface area contributed by atoms with E-state index < -0.39 is 0 Å². The summed E-state index contributed by atoms with van der Waals surface area (Å²) in [5.74, 6) is 2.52. The predicted molar refractivity (Wildman–Crippen MR) is 140 cm³/mol. The van der Waals surface area contributed by atoms with Gasteiger partial charge in [0.2, 0.25) is 0 Å². The van der Waals surface area contributed by atoms with Gasteiger partial charge in [-0.25, -0.2) is 0 Å². The van der Waals surface area contributed by atoms with E-state index in [2.05, 4.69) is 29.6 Å². The summed E-state index contributed by atoms with van der Waals surface area (Å²) in [6.07, 6.45) is 3.47. The fourth-order valence-corrected chi connectivity index (χ4v) is 3.38. The van der Waals surface area contributed by atoms with Crippen molar-refractivity contribution in [1.82, 2.24) is 15.1 Å². The molecule has 2 N–H and O–H groups in total. The number of hydrogen-bond donors (Lipinski definition) is 2. The van der Waals surface area contributed by atoms with Crippen LogP contribution in [0.15, 0.2) is 52.1 Å². The Morgan fingerprint density at radius 2 is 1.91 bits per heavy atom. The molecule has 0 aliphatic heterocycles. The Labute approximate surface area is 207 Å². The van der Waals surface area contributed by atoms with E-state index in [-0.39, 0.29) is 30.1 Å². The molecule has 0 aliphatic rings. The van der Waals surface area contributed by atoms with E-state index >= 15 is 0 Å². The molecule has 0 aliphatic carbocycles. The van der Waals surface area contributed by atoms with Gasteiger partial charge in [-0.3, -0.25) is 9.67 Å². The van der Waals surface area contributed by atoms with Crippen LogP contribution < -0.4 is 15.4 Å². The smallest absolute Gasteiger partial charge is 0.195 e. The van der Waals surface area contributed by atoms with Gasteiger partial charge in [-0.05, 0) is 76.1 Å². The number of aryl methyl sites for hydroxylation is 2. The molecule has 174 valence electrons. The topological polar surface area (TPSA) is 76.6 Å². The van der Waals surface area contributed by atoms with E-state index in [9.17, 15) is 0 Å². The van der Waals surface area contributed by atoms with Crippen molar-refractivity contribution in [1.29, 1.82) is 0 Å². The maximum atomic E-state index is 5.73. The van der Waals surface area contributed by atoms with Gasteiger partial charge in [-0.2, -0.15) is 5.10 Å². The molecule has 3 rings (SSSR count). The lowest BCUT2D eigenvalue weighted by Crippen LogP contribution is -2.33. The van der Waals surface area contributed by atoms with Gasteiger partial charge in [0.05, 0.1) is 18.1 Å². The molecule has 0 saturated carbocycles. The maximum Gasteiger partial charge on any atom is 0.195 e. The number of halogens is 1. The van der Waals surface area contributed by atoms with Gasteiger partial charge in [-0.1, -0.05) is 0 Å². The predicted octanol–water partition coefficient (Wildman–Crippen LogP) is 4.88. The number of hydrogen-bond acceptors (Lipinski definition) is 4. The van der Waals surface area contributed by atoms with E-state index in [0.717, 1.165) is 48.2 Å². The molecule has 32 heavy (non-hydrogen) atoms. The van der Waals surface area contributed by atoms with Crippen LogP contribution in [-0.2, 0) is 19.9 Å². The Kier molecular flexibility index (Phi) is 10.1. The van der Waals surface area contributed by atoms with Crippen LogP contribution in [0.1, 0.15) is 36.6 Å². The van der Waals surface area contributed by atoms with E-state index in [1.54, 1.807) is 6.26 Å². The van der Waals surface area contributed by atoms with Crippen LogP contribution in [0.3, 0.4) is 0 Å². The highest BCUT2D eigenvalue weighted by atomic mass is 127. The number of benzene rings is 1. The molecule has 2 heterocycles. The Morgan fingerprint density at radius 1 is 1.16 bits per heavy atom. The summed E-state index contributed by atoms with van der Waals surface area (Å²) in [5.41, 5.74) is 4.50. The van der Waals surface area contributed by atoms with Crippen molar-refractivity contribution in [2.24, 2.45) is 12.0 Å². The second-order valence-corrected chi connectivity index (χ2v) is 7.83. The highest BCUT2D eigenvalue weighted by Gasteiger charge is 2.09. The monoisotopic (exact) mass is 551 g/mol. The van der Waals surface area contributed by atoms with Crippen molar-refractivity contribution in [3.8, 4) is 5.75 Å². The quantitative estimate of drug-likeness (QED) is 0.225. The van der Waals surface area contributed by atoms with Crippen molar-refractivity contribution in [3.05, 3.63) is 65.4 Å². The first kappa shape index (κ1) is 25.8. The number of anilines is 1. The zero-order chi connectivity index (χ0) is 22.2.